The van der Waals surface area contributed by atoms with Gasteiger partial charge in [-0.15, -0.1) is 36.2 Å². The van der Waals surface area contributed by atoms with Crippen molar-refractivity contribution in [2.75, 3.05) is 6.54 Å². The summed E-state index contributed by atoms with van der Waals surface area (Å²) in [5.41, 5.74) is -0.181. The van der Waals surface area contributed by atoms with Gasteiger partial charge in [0.15, 0.2) is 0 Å². The summed E-state index contributed by atoms with van der Waals surface area (Å²) in [5.74, 6) is 0.388. The molecule has 1 aromatic heterocycles. The van der Waals surface area contributed by atoms with Crippen LogP contribution in [0.2, 0.25) is 0 Å². The van der Waals surface area contributed by atoms with Crippen molar-refractivity contribution in [3.8, 4) is 0 Å². The lowest BCUT2D eigenvalue weighted by atomic mass is 9.90. The average Bonchev–Trinajstić information content (AvgIpc) is 3.10. The maximum absolute atomic E-state index is 12.6. The number of thiazole rings is 1. The molecule has 7 heteroatoms. The van der Waals surface area contributed by atoms with Gasteiger partial charge in [-0.1, -0.05) is 12.8 Å². The molecule has 2 atom stereocenters. The molecule has 22 heavy (non-hydrogen) atoms. The van der Waals surface area contributed by atoms with Crippen molar-refractivity contribution in [2.45, 2.75) is 57.0 Å². The highest BCUT2D eigenvalue weighted by Gasteiger charge is 2.40. The maximum Gasteiger partial charge on any atom is 0.223 e. The molecule has 1 amide bonds. The Kier molecular flexibility index (Phi) is 7.59. The second-order valence-electron chi connectivity index (χ2n) is 6.19. The van der Waals surface area contributed by atoms with Gasteiger partial charge in [-0.3, -0.25) is 4.79 Å². The molecule has 0 unspecified atom stereocenters. The number of hydrogen-bond donors (Lipinski definition) is 2. The number of carbonyl (C=O) groups excluding carboxylic acids is 1. The van der Waals surface area contributed by atoms with Gasteiger partial charge in [0, 0.05) is 23.5 Å². The third-order valence-electron chi connectivity index (χ3n) is 4.66. The number of nitrogens with one attached hydrogen (secondary N) is 2. The Morgan fingerprint density at radius 3 is 2.73 bits per heavy atom. The number of aromatic nitrogens is 1. The van der Waals surface area contributed by atoms with Gasteiger partial charge in [0.05, 0.1) is 5.54 Å². The Morgan fingerprint density at radius 1 is 1.41 bits per heavy atom. The van der Waals surface area contributed by atoms with Crippen molar-refractivity contribution in [1.29, 1.82) is 0 Å². The topological polar surface area (TPSA) is 54.0 Å². The van der Waals surface area contributed by atoms with E-state index >= 15 is 0 Å². The van der Waals surface area contributed by atoms with Crippen molar-refractivity contribution in [2.24, 2.45) is 5.92 Å². The SMILES string of the molecule is C[C@H]1C[C@@H](C(=O)NC2(c3nccs3)CCCC2)CCN1.Cl.Cl. The predicted octanol–water partition coefficient (Wildman–Crippen LogP) is 3.26. The zero-order valence-corrected chi connectivity index (χ0v) is 15.3. The van der Waals surface area contributed by atoms with E-state index in [2.05, 4.69) is 22.5 Å². The van der Waals surface area contributed by atoms with Gasteiger partial charge in [0.2, 0.25) is 5.91 Å². The number of nitrogens with zero attached hydrogens (tertiary/aromatic N) is 1. The molecule has 2 fully saturated rings. The van der Waals surface area contributed by atoms with Crippen LogP contribution in [0.25, 0.3) is 0 Å². The van der Waals surface area contributed by atoms with Gasteiger partial charge < -0.3 is 10.6 Å². The van der Waals surface area contributed by atoms with E-state index < -0.39 is 0 Å². The summed E-state index contributed by atoms with van der Waals surface area (Å²) in [7, 11) is 0. The lowest BCUT2D eigenvalue weighted by molar-refractivity contribution is -0.128. The van der Waals surface area contributed by atoms with Crippen LogP contribution in [0.1, 0.15) is 50.5 Å². The molecule has 126 valence electrons. The number of halogens is 2. The summed E-state index contributed by atoms with van der Waals surface area (Å²) >= 11 is 1.67. The molecule has 2 N–H and O–H groups in total. The highest BCUT2D eigenvalue weighted by molar-refractivity contribution is 7.09. The summed E-state index contributed by atoms with van der Waals surface area (Å²) in [6, 6.07) is 0.443. The van der Waals surface area contributed by atoms with E-state index in [0.29, 0.717) is 6.04 Å². The minimum absolute atomic E-state index is 0. The van der Waals surface area contributed by atoms with Gasteiger partial charge in [-0.25, -0.2) is 4.98 Å². The zero-order chi connectivity index (χ0) is 14.0. The zero-order valence-electron chi connectivity index (χ0n) is 12.8. The molecule has 3 rings (SSSR count). The van der Waals surface area contributed by atoms with Crippen LogP contribution in [0, 0.1) is 5.92 Å². The molecular formula is C15H25Cl2N3OS. The minimum atomic E-state index is -0.181. The van der Waals surface area contributed by atoms with E-state index in [9.17, 15) is 4.79 Å². The Morgan fingerprint density at radius 2 is 2.14 bits per heavy atom. The van der Waals surface area contributed by atoms with Crippen LogP contribution in [0.4, 0.5) is 0 Å². The fourth-order valence-corrected chi connectivity index (χ4v) is 4.39. The quantitative estimate of drug-likeness (QED) is 0.863. The second-order valence-corrected chi connectivity index (χ2v) is 7.09. The third kappa shape index (κ3) is 4.13. The molecule has 2 heterocycles. The first-order valence-electron chi connectivity index (χ1n) is 7.65. The van der Waals surface area contributed by atoms with Gasteiger partial charge in [-0.05, 0) is 39.2 Å². The molecule has 1 saturated carbocycles. The lowest BCUT2D eigenvalue weighted by Crippen LogP contribution is -2.49. The van der Waals surface area contributed by atoms with E-state index in [1.54, 1.807) is 11.3 Å². The number of carbonyl (C=O) groups is 1. The van der Waals surface area contributed by atoms with E-state index in [4.69, 9.17) is 0 Å². The molecule has 0 bridgehead atoms. The van der Waals surface area contributed by atoms with Gasteiger partial charge >= 0.3 is 0 Å². The van der Waals surface area contributed by atoms with Crippen LogP contribution in [0.3, 0.4) is 0 Å². The van der Waals surface area contributed by atoms with E-state index in [0.717, 1.165) is 37.2 Å². The monoisotopic (exact) mass is 365 g/mol. The number of amides is 1. The van der Waals surface area contributed by atoms with E-state index in [-0.39, 0.29) is 42.2 Å². The highest BCUT2D eigenvalue weighted by atomic mass is 35.5. The van der Waals surface area contributed by atoms with E-state index in [1.807, 2.05) is 11.6 Å². The molecule has 2 aliphatic rings. The Bertz CT molecular complexity index is 463. The van der Waals surface area contributed by atoms with Crippen molar-refractivity contribution in [1.82, 2.24) is 15.6 Å². The lowest BCUT2D eigenvalue weighted by Gasteiger charge is -2.33. The fourth-order valence-electron chi connectivity index (χ4n) is 3.54. The van der Waals surface area contributed by atoms with Crippen LogP contribution in [-0.4, -0.2) is 23.5 Å². The number of hydrogen-bond acceptors (Lipinski definition) is 4. The molecule has 0 spiro atoms. The predicted molar refractivity (Wildman–Crippen MR) is 95.1 cm³/mol. The van der Waals surface area contributed by atoms with Crippen molar-refractivity contribution in [3.63, 3.8) is 0 Å². The largest absolute Gasteiger partial charge is 0.344 e. The molecule has 0 aromatic carbocycles. The Balaban J connectivity index is 0.00000121. The highest BCUT2D eigenvalue weighted by Crippen LogP contribution is 2.40. The smallest absolute Gasteiger partial charge is 0.223 e. The first-order valence-corrected chi connectivity index (χ1v) is 8.53. The van der Waals surface area contributed by atoms with Crippen molar-refractivity contribution < 1.29 is 4.79 Å². The average molecular weight is 366 g/mol. The molecular weight excluding hydrogens is 341 g/mol. The maximum atomic E-state index is 12.6. The molecule has 1 aliphatic heterocycles. The van der Waals surface area contributed by atoms with Crippen LogP contribution in [0.15, 0.2) is 11.6 Å². The van der Waals surface area contributed by atoms with Gasteiger partial charge in [0.25, 0.3) is 0 Å². The Labute approximate surface area is 148 Å². The summed E-state index contributed by atoms with van der Waals surface area (Å²) in [6.07, 6.45) is 8.17. The molecule has 1 aromatic rings. The van der Waals surface area contributed by atoms with Crippen LogP contribution in [0.5, 0.6) is 0 Å². The number of rotatable bonds is 3. The Hall–Kier alpha value is -0.360. The first kappa shape index (κ1) is 19.7. The molecule has 4 nitrogen and oxygen atoms in total. The van der Waals surface area contributed by atoms with Crippen molar-refractivity contribution in [3.05, 3.63) is 16.6 Å². The van der Waals surface area contributed by atoms with Gasteiger partial charge in [-0.2, -0.15) is 0 Å². The fraction of sp³-hybridized carbons (Fsp3) is 0.733. The molecule has 1 saturated heterocycles. The molecule has 1 aliphatic carbocycles. The standard InChI is InChI=1S/C15H23N3OS.2ClH/c1-11-10-12(4-7-16-11)13(19)18-15(5-2-3-6-15)14-17-8-9-20-14;;/h8-9,11-12,16H,2-7,10H2,1H3,(H,18,19);2*1H/t11-,12-;;/m0../s1. The summed E-state index contributed by atoms with van der Waals surface area (Å²) in [4.78, 5) is 17.1. The molecule has 0 radical (unpaired) electrons. The van der Waals surface area contributed by atoms with Crippen LogP contribution >= 0.6 is 36.2 Å². The summed E-state index contributed by atoms with van der Waals surface area (Å²) < 4.78 is 0. The van der Waals surface area contributed by atoms with Crippen LogP contribution < -0.4 is 10.6 Å². The van der Waals surface area contributed by atoms with Gasteiger partial charge in [0.1, 0.15) is 5.01 Å². The van der Waals surface area contributed by atoms with E-state index in [1.165, 1.54) is 12.8 Å². The van der Waals surface area contributed by atoms with Crippen LogP contribution in [-0.2, 0) is 10.3 Å². The number of piperidine rings is 1. The third-order valence-corrected chi connectivity index (χ3v) is 5.63. The second kappa shape index (κ2) is 8.48. The van der Waals surface area contributed by atoms with Crippen molar-refractivity contribution >= 4 is 42.1 Å². The summed E-state index contributed by atoms with van der Waals surface area (Å²) in [5, 5.41) is 9.87. The minimum Gasteiger partial charge on any atom is -0.344 e. The normalized spacial score (nSPS) is 26.6. The first-order chi connectivity index (χ1) is 9.70. The summed E-state index contributed by atoms with van der Waals surface area (Å²) in [6.45, 7) is 3.11.